The molecule has 25 heavy (non-hydrogen) atoms. The zero-order chi connectivity index (χ0) is 17.8. The van der Waals surface area contributed by atoms with Crippen molar-refractivity contribution in [1.29, 1.82) is 0 Å². The Morgan fingerprint density at radius 1 is 1.00 bits per heavy atom. The number of ketones is 2. The number of halogens is 2. The van der Waals surface area contributed by atoms with Crippen LogP contribution in [0.1, 0.15) is 48.6 Å². The number of rotatable bonds is 3. The quantitative estimate of drug-likeness (QED) is 0.516. The van der Waals surface area contributed by atoms with Gasteiger partial charge in [-0.15, -0.1) is 23.2 Å². The van der Waals surface area contributed by atoms with Gasteiger partial charge in [0.2, 0.25) is 0 Å². The minimum Gasteiger partial charge on any atom is -0.462 e. The maximum absolute atomic E-state index is 12.8. The van der Waals surface area contributed by atoms with E-state index in [9.17, 15) is 14.4 Å². The van der Waals surface area contributed by atoms with Gasteiger partial charge in [0.25, 0.3) is 0 Å². The van der Waals surface area contributed by atoms with E-state index in [2.05, 4.69) is 0 Å². The Bertz CT molecular complexity index is 933. The Morgan fingerprint density at radius 2 is 1.60 bits per heavy atom. The fourth-order valence-corrected chi connectivity index (χ4v) is 3.52. The van der Waals surface area contributed by atoms with Crippen LogP contribution < -0.4 is 0 Å². The van der Waals surface area contributed by atoms with E-state index in [-0.39, 0.29) is 40.8 Å². The lowest BCUT2D eigenvalue weighted by atomic mass is 9.82. The fourth-order valence-electron chi connectivity index (χ4n) is 3.02. The van der Waals surface area contributed by atoms with Gasteiger partial charge in [0.15, 0.2) is 11.6 Å². The van der Waals surface area contributed by atoms with E-state index in [0.29, 0.717) is 17.5 Å². The van der Waals surface area contributed by atoms with E-state index in [1.807, 2.05) is 0 Å². The Kier molecular flexibility index (Phi) is 3.71. The largest absolute Gasteiger partial charge is 0.462 e. The molecule has 0 unspecified atom stereocenters. The molecule has 2 aromatic rings. The van der Waals surface area contributed by atoms with E-state index >= 15 is 0 Å². The first kappa shape index (κ1) is 16.3. The molecule has 4 nitrogen and oxygen atoms in total. The molecule has 1 saturated carbocycles. The van der Waals surface area contributed by atoms with Gasteiger partial charge in [-0.2, -0.15) is 0 Å². The summed E-state index contributed by atoms with van der Waals surface area (Å²) in [6.07, 6.45) is 0.557. The molecule has 0 spiro atoms. The molecule has 0 heterocycles. The molecule has 4 rings (SSSR count). The third-order valence-corrected chi connectivity index (χ3v) is 5.47. The predicted octanol–water partition coefficient (Wildman–Crippen LogP) is 3.81. The van der Waals surface area contributed by atoms with Crippen molar-refractivity contribution in [3.8, 4) is 0 Å². The van der Waals surface area contributed by atoms with Crippen LogP contribution in [0.2, 0.25) is 0 Å². The Balaban J connectivity index is 1.69. The van der Waals surface area contributed by atoms with Gasteiger partial charge in [-0.3, -0.25) is 9.59 Å². The zero-order valence-electron chi connectivity index (χ0n) is 12.9. The normalized spacial score (nSPS) is 19.8. The molecule has 6 heteroatoms. The Hall–Kier alpha value is -2.17. The molecule has 0 N–H and O–H groups in total. The van der Waals surface area contributed by atoms with Gasteiger partial charge in [-0.25, -0.2) is 4.79 Å². The highest BCUT2D eigenvalue weighted by molar-refractivity contribution is 6.50. The van der Waals surface area contributed by atoms with Gasteiger partial charge in [0, 0.05) is 28.2 Å². The Morgan fingerprint density at radius 3 is 2.24 bits per heavy atom. The fraction of sp³-hybridized carbons (Fsp3) is 0.211. The minimum absolute atomic E-state index is 0.0776. The van der Waals surface area contributed by atoms with Crippen molar-refractivity contribution in [2.24, 2.45) is 5.92 Å². The van der Waals surface area contributed by atoms with Gasteiger partial charge in [0.05, 0.1) is 12.2 Å². The summed E-state index contributed by atoms with van der Waals surface area (Å²) in [5, 5.41) is 0. The first-order valence-electron chi connectivity index (χ1n) is 7.76. The van der Waals surface area contributed by atoms with Crippen molar-refractivity contribution < 1.29 is 19.1 Å². The summed E-state index contributed by atoms with van der Waals surface area (Å²) in [7, 11) is 0. The molecule has 126 valence electrons. The average molecular weight is 375 g/mol. The highest BCUT2D eigenvalue weighted by atomic mass is 35.5. The average Bonchev–Trinajstić information content (AvgIpc) is 3.23. The summed E-state index contributed by atoms with van der Waals surface area (Å²) in [6, 6.07) is 11.2. The molecule has 0 bridgehead atoms. The van der Waals surface area contributed by atoms with E-state index < -0.39 is 10.3 Å². The van der Waals surface area contributed by atoms with Crippen LogP contribution in [-0.2, 0) is 4.74 Å². The molecule has 0 aliphatic heterocycles. The van der Waals surface area contributed by atoms with E-state index in [1.54, 1.807) is 36.4 Å². The second kappa shape index (κ2) is 5.68. The van der Waals surface area contributed by atoms with Crippen LogP contribution >= 0.6 is 23.2 Å². The molecule has 2 aromatic carbocycles. The van der Waals surface area contributed by atoms with E-state index in [0.717, 1.165) is 0 Å². The SMILES string of the molecule is O=C(OC[C@H]1CC1(Cl)Cl)c1cccc2c1C(=O)c1ccccc1C2=O. The van der Waals surface area contributed by atoms with Crippen molar-refractivity contribution in [2.75, 3.05) is 6.61 Å². The lowest BCUT2D eigenvalue weighted by Crippen LogP contribution is -2.24. The minimum atomic E-state index is -0.846. The summed E-state index contributed by atoms with van der Waals surface area (Å²) < 4.78 is 4.41. The van der Waals surface area contributed by atoms with Gasteiger partial charge in [-0.05, 0) is 12.5 Å². The first-order chi connectivity index (χ1) is 11.9. The summed E-state index contributed by atoms with van der Waals surface area (Å²) in [5.74, 6) is -1.40. The third kappa shape index (κ3) is 2.66. The van der Waals surface area contributed by atoms with Crippen molar-refractivity contribution >= 4 is 40.7 Å². The monoisotopic (exact) mass is 374 g/mol. The number of carbonyl (C=O) groups is 3. The number of benzene rings is 2. The van der Waals surface area contributed by atoms with Crippen molar-refractivity contribution in [2.45, 2.75) is 10.8 Å². The van der Waals surface area contributed by atoms with Crippen molar-refractivity contribution in [1.82, 2.24) is 0 Å². The highest BCUT2D eigenvalue weighted by Crippen LogP contribution is 2.53. The van der Waals surface area contributed by atoms with Crippen LogP contribution in [0.4, 0.5) is 0 Å². The molecular formula is C19H12Cl2O4. The smallest absolute Gasteiger partial charge is 0.338 e. The van der Waals surface area contributed by atoms with Gasteiger partial charge >= 0.3 is 5.97 Å². The molecule has 1 atom stereocenters. The van der Waals surface area contributed by atoms with E-state index in [1.165, 1.54) is 6.07 Å². The van der Waals surface area contributed by atoms with Crippen LogP contribution in [0.15, 0.2) is 42.5 Å². The summed E-state index contributed by atoms with van der Waals surface area (Å²) in [6.45, 7) is 0.0776. The van der Waals surface area contributed by atoms with Gasteiger partial charge in [0.1, 0.15) is 4.33 Å². The van der Waals surface area contributed by atoms with Crippen LogP contribution in [0, 0.1) is 5.92 Å². The molecule has 0 aromatic heterocycles. The molecule has 0 amide bonds. The van der Waals surface area contributed by atoms with Crippen LogP contribution in [0.5, 0.6) is 0 Å². The number of hydrogen-bond acceptors (Lipinski definition) is 4. The second-order valence-electron chi connectivity index (χ2n) is 6.19. The molecule has 1 fully saturated rings. The van der Waals surface area contributed by atoms with Crippen molar-refractivity contribution in [3.63, 3.8) is 0 Å². The lowest BCUT2D eigenvalue weighted by molar-refractivity contribution is 0.0482. The number of carbonyl (C=O) groups excluding carboxylic acids is 3. The van der Waals surface area contributed by atoms with Gasteiger partial charge < -0.3 is 4.74 Å². The topological polar surface area (TPSA) is 60.4 Å². The predicted molar refractivity (Wildman–Crippen MR) is 92.6 cm³/mol. The van der Waals surface area contributed by atoms with Gasteiger partial charge in [-0.1, -0.05) is 36.4 Å². The molecule has 2 aliphatic carbocycles. The number of ether oxygens (including phenoxy) is 1. The summed E-state index contributed by atoms with van der Waals surface area (Å²) in [5.41, 5.74) is 1.03. The zero-order valence-corrected chi connectivity index (χ0v) is 14.4. The second-order valence-corrected chi connectivity index (χ2v) is 7.73. The van der Waals surface area contributed by atoms with Crippen LogP contribution in [0.3, 0.4) is 0 Å². The number of fused-ring (bicyclic) bond motifs is 2. The van der Waals surface area contributed by atoms with Crippen LogP contribution in [0.25, 0.3) is 0 Å². The van der Waals surface area contributed by atoms with Crippen molar-refractivity contribution in [3.05, 3.63) is 70.3 Å². The van der Waals surface area contributed by atoms with E-state index in [4.69, 9.17) is 27.9 Å². The highest BCUT2D eigenvalue weighted by Gasteiger charge is 2.52. The Labute approximate surface area is 153 Å². The number of hydrogen-bond donors (Lipinski definition) is 0. The number of esters is 1. The summed E-state index contributed by atoms with van der Waals surface area (Å²) in [4.78, 5) is 37.9. The molecule has 0 saturated heterocycles. The maximum atomic E-state index is 12.8. The number of alkyl halides is 2. The lowest BCUT2D eigenvalue weighted by Gasteiger charge is -2.19. The molecule has 0 radical (unpaired) electrons. The third-order valence-electron chi connectivity index (χ3n) is 4.54. The van der Waals surface area contributed by atoms with Crippen LogP contribution in [-0.4, -0.2) is 28.5 Å². The first-order valence-corrected chi connectivity index (χ1v) is 8.52. The standard InChI is InChI=1S/C19H12Cl2O4/c20-19(21)8-10(19)9-25-18(24)14-7-3-6-13-15(14)17(23)12-5-2-1-4-11(12)16(13)22/h1-7,10H,8-9H2/t10-/m1/s1. The molecular weight excluding hydrogens is 363 g/mol. The molecule has 2 aliphatic rings. The summed E-state index contributed by atoms with van der Waals surface area (Å²) >= 11 is 11.9. The maximum Gasteiger partial charge on any atom is 0.338 e.